The second kappa shape index (κ2) is 5.43. The Morgan fingerprint density at radius 3 is 2.20 bits per heavy atom. The highest BCUT2D eigenvalue weighted by Crippen LogP contribution is 2.29. The van der Waals surface area contributed by atoms with E-state index in [4.69, 9.17) is 4.74 Å². The molecule has 3 aromatic rings. The van der Waals surface area contributed by atoms with Gasteiger partial charge in [0.2, 0.25) is 0 Å². The van der Waals surface area contributed by atoms with Gasteiger partial charge >= 0.3 is 0 Å². The maximum absolute atomic E-state index is 5.36. The Morgan fingerprint density at radius 1 is 0.900 bits per heavy atom. The Labute approximate surface area is 121 Å². The maximum atomic E-state index is 5.36. The molecular formula is C16H14N2OS. The van der Waals surface area contributed by atoms with Crippen molar-refractivity contribution in [1.29, 1.82) is 0 Å². The van der Waals surface area contributed by atoms with Crippen LogP contribution in [0.4, 0.5) is 0 Å². The van der Waals surface area contributed by atoms with Crippen molar-refractivity contribution in [2.45, 2.75) is 6.92 Å². The molecule has 0 spiro atoms. The van der Waals surface area contributed by atoms with Crippen molar-refractivity contribution < 1.29 is 4.74 Å². The SMILES string of the molecule is COc1ccccc1-c1ccc(-c2cscc2C)nn1. The third-order valence-corrected chi connectivity index (χ3v) is 4.04. The van der Waals surface area contributed by atoms with E-state index in [1.807, 2.05) is 36.4 Å². The summed E-state index contributed by atoms with van der Waals surface area (Å²) >= 11 is 1.68. The summed E-state index contributed by atoms with van der Waals surface area (Å²) in [7, 11) is 1.66. The van der Waals surface area contributed by atoms with E-state index in [9.17, 15) is 0 Å². The van der Waals surface area contributed by atoms with Gasteiger partial charge in [0.1, 0.15) is 5.75 Å². The minimum atomic E-state index is 0.807. The molecule has 4 heteroatoms. The van der Waals surface area contributed by atoms with Crippen LogP contribution >= 0.6 is 11.3 Å². The average molecular weight is 282 g/mol. The van der Waals surface area contributed by atoms with Crippen LogP contribution in [0.5, 0.6) is 5.75 Å². The first-order chi connectivity index (χ1) is 9.79. The summed E-state index contributed by atoms with van der Waals surface area (Å²) in [5.74, 6) is 0.807. The molecule has 3 nitrogen and oxygen atoms in total. The highest BCUT2D eigenvalue weighted by molar-refractivity contribution is 7.08. The van der Waals surface area contributed by atoms with Gasteiger partial charge in [-0.25, -0.2) is 0 Å². The first kappa shape index (κ1) is 12.8. The number of para-hydroxylation sites is 1. The number of hydrogen-bond acceptors (Lipinski definition) is 4. The van der Waals surface area contributed by atoms with E-state index < -0.39 is 0 Å². The van der Waals surface area contributed by atoms with Crippen LogP contribution < -0.4 is 4.74 Å². The van der Waals surface area contributed by atoms with Crippen molar-refractivity contribution in [3.05, 3.63) is 52.7 Å². The van der Waals surface area contributed by atoms with Crippen molar-refractivity contribution in [3.8, 4) is 28.3 Å². The van der Waals surface area contributed by atoms with Crippen LogP contribution in [0.15, 0.2) is 47.2 Å². The molecular weight excluding hydrogens is 268 g/mol. The van der Waals surface area contributed by atoms with Crippen LogP contribution in [0.2, 0.25) is 0 Å². The highest BCUT2D eigenvalue weighted by atomic mass is 32.1. The number of hydrogen-bond donors (Lipinski definition) is 0. The molecule has 0 unspecified atom stereocenters. The van der Waals surface area contributed by atoms with Crippen LogP contribution in [0, 0.1) is 6.92 Å². The summed E-state index contributed by atoms with van der Waals surface area (Å²) in [6.07, 6.45) is 0. The second-order valence-corrected chi connectivity index (χ2v) is 5.22. The minimum Gasteiger partial charge on any atom is -0.496 e. The first-order valence-corrected chi connectivity index (χ1v) is 7.24. The molecule has 0 fully saturated rings. The predicted molar refractivity (Wildman–Crippen MR) is 82.1 cm³/mol. The fraction of sp³-hybridized carbons (Fsp3) is 0.125. The molecule has 100 valence electrons. The molecule has 2 heterocycles. The Hall–Kier alpha value is -2.20. The topological polar surface area (TPSA) is 35.0 Å². The predicted octanol–water partition coefficient (Wildman–Crippen LogP) is 4.19. The normalized spacial score (nSPS) is 10.5. The Morgan fingerprint density at radius 2 is 1.60 bits per heavy atom. The molecule has 2 aromatic heterocycles. The number of aryl methyl sites for hydroxylation is 1. The molecule has 0 saturated carbocycles. The van der Waals surface area contributed by atoms with Gasteiger partial charge < -0.3 is 4.74 Å². The lowest BCUT2D eigenvalue weighted by molar-refractivity contribution is 0.416. The number of nitrogens with zero attached hydrogens (tertiary/aromatic N) is 2. The van der Waals surface area contributed by atoms with Gasteiger partial charge in [-0.2, -0.15) is 11.3 Å². The van der Waals surface area contributed by atoms with E-state index in [0.717, 1.165) is 28.3 Å². The number of aromatic nitrogens is 2. The second-order valence-electron chi connectivity index (χ2n) is 4.47. The third-order valence-electron chi connectivity index (χ3n) is 3.18. The van der Waals surface area contributed by atoms with Gasteiger partial charge in [-0.3, -0.25) is 0 Å². The summed E-state index contributed by atoms with van der Waals surface area (Å²) in [5, 5.41) is 12.9. The van der Waals surface area contributed by atoms with Crippen molar-refractivity contribution in [3.63, 3.8) is 0 Å². The van der Waals surface area contributed by atoms with E-state index in [1.54, 1.807) is 18.4 Å². The third kappa shape index (κ3) is 2.30. The van der Waals surface area contributed by atoms with Crippen LogP contribution in [-0.2, 0) is 0 Å². The van der Waals surface area contributed by atoms with E-state index in [0.29, 0.717) is 0 Å². The molecule has 0 aliphatic carbocycles. The fourth-order valence-electron chi connectivity index (χ4n) is 2.10. The van der Waals surface area contributed by atoms with Gasteiger partial charge in [0, 0.05) is 16.5 Å². The summed E-state index contributed by atoms with van der Waals surface area (Å²) in [4.78, 5) is 0. The van der Waals surface area contributed by atoms with E-state index in [2.05, 4.69) is 27.9 Å². The molecule has 0 radical (unpaired) electrons. The van der Waals surface area contributed by atoms with Gasteiger partial charge in [0.05, 0.1) is 18.5 Å². The zero-order valence-corrected chi connectivity index (χ0v) is 12.1. The molecule has 0 atom stereocenters. The molecule has 0 aliphatic rings. The van der Waals surface area contributed by atoms with Crippen molar-refractivity contribution in [1.82, 2.24) is 10.2 Å². The van der Waals surface area contributed by atoms with Gasteiger partial charge in [0.25, 0.3) is 0 Å². The fourth-order valence-corrected chi connectivity index (χ4v) is 2.94. The molecule has 0 saturated heterocycles. The average Bonchev–Trinajstić information content (AvgIpc) is 2.93. The number of ether oxygens (including phenoxy) is 1. The van der Waals surface area contributed by atoms with E-state index in [-0.39, 0.29) is 0 Å². The zero-order chi connectivity index (χ0) is 13.9. The molecule has 0 amide bonds. The van der Waals surface area contributed by atoms with E-state index >= 15 is 0 Å². The molecule has 0 bridgehead atoms. The molecule has 0 aliphatic heterocycles. The largest absolute Gasteiger partial charge is 0.496 e. The number of rotatable bonds is 3. The lowest BCUT2D eigenvalue weighted by atomic mass is 10.1. The number of benzene rings is 1. The summed E-state index contributed by atoms with van der Waals surface area (Å²) in [5.41, 5.74) is 5.06. The smallest absolute Gasteiger partial charge is 0.128 e. The molecule has 0 N–H and O–H groups in total. The van der Waals surface area contributed by atoms with Crippen LogP contribution in [-0.4, -0.2) is 17.3 Å². The van der Waals surface area contributed by atoms with Gasteiger partial charge in [-0.05, 0) is 42.1 Å². The van der Waals surface area contributed by atoms with Crippen LogP contribution in [0.3, 0.4) is 0 Å². The van der Waals surface area contributed by atoms with Crippen molar-refractivity contribution in [2.75, 3.05) is 7.11 Å². The Kier molecular flexibility index (Phi) is 3.48. The zero-order valence-electron chi connectivity index (χ0n) is 11.3. The highest BCUT2D eigenvalue weighted by Gasteiger charge is 2.09. The van der Waals surface area contributed by atoms with E-state index in [1.165, 1.54) is 5.56 Å². The van der Waals surface area contributed by atoms with Crippen LogP contribution in [0.25, 0.3) is 22.5 Å². The van der Waals surface area contributed by atoms with Gasteiger partial charge in [-0.15, -0.1) is 10.2 Å². The minimum absolute atomic E-state index is 0.807. The Bertz CT molecular complexity index is 719. The summed E-state index contributed by atoms with van der Waals surface area (Å²) < 4.78 is 5.36. The number of thiophene rings is 1. The standard InChI is InChI=1S/C16H14N2OS/c1-11-9-20-10-13(11)15-8-7-14(17-18-15)12-5-3-4-6-16(12)19-2/h3-10H,1-2H3. The van der Waals surface area contributed by atoms with Crippen LogP contribution in [0.1, 0.15) is 5.56 Å². The van der Waals surface area contributed by atoms with Crippen molar-refractivity contribution >= 4 is 11.3 Å². The van der Waals surface area contributed by atoms with Crippen molar-refractivity contribution in [2.24, 2.45) is 0 Å². The number of methoxy groups -OCH3 is 1. The quantitative estimate of drug-likeness (QED) is 0.722. The Balaban J connectivity index is 2.00. The van der Waals surface area contributed by atoms with Gasteiger partial charge in [-0.1, -0.05) is 12.1 Å². The summed E-state index contributed by atoms with van der Waals surface area (Å²) in [6, 6.07) is 11.8. The molecule has 1 aromatic carbocycles. The molecule has 3 rings (SSSR count). The first-order valence-electron chi connectivity index (χ1n) is 6.30. The molecule has 20 heavy (non-hydrogen) atoms. The lowest BCUT2D eigenvalue weighted by Crippen LogP contribution is -1.93. The van der Waals surface area contributed by atoms with Gasteiger partial charge in [0.15, 0.2) is 0 Å². The maximum Gasteiger partial charge on any atom is 0.128 e. The lowest BCUT2D eigenvalue weighted by Gasteiger charge is -2.07. The monoisotopic (exact) mass is 282 g/mol. The summed E-state index contributed by atoms with van der Waals surface area (Å²) in [6.45, 7) is 2.08.